The molecule has 0 aliphatic heterocycles. The van der Waals surface area contributed by atoms with E-state index in [4.69, 9.17) is 18.9 Å². The molecule has 0 radical (unpaired) electrons. The van der Waals surface area contributed by atoms with Crippen LogP contribution in [0, 0.1) is 0 Å². The van der Waals surface area contributed by atoms with Crippen LogP contribution in [0.15, 0.2) is 0 Å². The maximum Gasteiger partial charge on any atom is 0.320 e. The molecule has 0 aliphatic carbocycles. The van der Waals surface area contributed by atoms with Crippen molar-refractivity contribution in [3.63, 3.8) is 0 Å². The van der Waals surface area contributed by atoms with Gasteiger partial charge in [-0.15, -0.1) is 0 Å². The number of carbonyl (C=O) groups is 6. The zero-order valence-corrected chi connectivity index (χ0v) is 32.3. The molecule has 0 aromatic rings. The first-order valence-electron chi connectivity index (χ1n) is 16.7. The van der Waals surface area contributed by atoms with Crippen LogP contribution >= 0.6 is 0 Å². The van der Waals surface area contributed by atoms with E-state index in [0.29, 0.717) is 0 Å². The summed E-state index contributed by atoms with van der Waals surface area (Å²) in [7, 11) is 0. The van der Waals surface area contributed by atoms with Gasteiger partial charge in [0.25, 0.3) is 0 Å². The molecule has 50 heavy (non-hydrogen) atoms. The van der Waals surface area contributed by atoms with Crippen molar-refractivity contribution in [1.29, 1.82) is 0 Å². The van der Waals surface area contributed by atoms with Gasteiger partial charge in [-0.1, -0.05) is 0 Å². The summed E-state index contributed by atoms with van der Waals surface area (Å²) in [5.41, 5.74) is -3.03. The van der Waals surface area contributed by atoms with E-state index in [1.165, 1.54) is 4.90 Å². The van der Waals surface area contributed by atoms with Crippen molar-refractivity contribution < 1.29 is 57.9 Å². The Bertz CT molecular complexity index is 1090. The molecule has 0 amide bonds. The SMILES string of the molecule is CC(C)(C)OC(=O)CN(CCN(CC(=O)O)CC(=O)O)CCN(CCN(CC(=O)OC(C)(C)C)CC(=O)OC(C)(C)C)CC(=O)OC(C)(C)C. The van der Waals surface area contributed by atoms with Gasteiger partial charge in [-0.05, 0) is 83.1 Å². The van der Waals surface area contributed by atoms with Gasteiger partial charge in [-0.25, -0.2) is 0 Å². The lowest BCUT2D eigenvalue weighted by molar-refractivity contribution is -0.161. The molecule has 16 heteroatoms. The Morgan fingerprint density at radius 2 is 0.540 bits per heavy atom. The summed E-state index contributed by atoms with van der Waals surface area (Å²) in [6.07, 6.45) is 0. The van der Waals surface area contributed by atoms with Gasteiger partial charge in [-0.3, -0.25) is 48.4 Å². The van der Waals surface area contributed by atoms with Crippen LogP contribution in [-0.4, -0.2) is 167 Å². The highest BCUT2D eigenvalue weighted by atomic mass is 16.6. The summed E-state index contributed by atoms with van der Waals surface area (Å²) in [4.78, 5) is 80.2. The standard InChI is InChI=1S/C34H62N4O12/c1-31(2,3)47-27(43)21-35(15-17-37(19-25(39)40)20-26(41)42)13-14-36(22-28(44)48-32(4,5)6)16-18-38(23-29(45)49-33(7,8)9)24-30(46)50-34(10,11)12/h13-24H2,1-12H3,(H,39,40)(H,41,42). The average molecular weight is 719 g/mol. The molecule has 0 heterocycles. The molecular formula is C34H62N4O12. The molecule has 0 bridgehead atoms. The number of carboxylic acid groups (broad SMARTS) is 2. The van der Waals surface area contributed by atoms with Crippen molar-refractivity contribution in [2.45, 2.75) is 105 Å². The summed E-state index contributed by atoms with van der Waals surface area (Å²) in [5.74, 6) is -4.55. The topological polar surface area (TPSA) is 193 Å². The quantitative estimate of drug-likeness (QED) is 0.129. The summed E-state index contributed by atoms with van der Waals surface area (Å²) in [5, 5.41) is 18.5. The molecule has 0 rings (SSSR count). The van der Waals surface area contributed by atoms with E-state index in [9.17, 15) is 39.0 Å². The largest absolute Gasteiger partial charge is 0.480 e. The van der Waals surface area contributed by atoms with Crippen molar-refractivity contribution in [3.8, 4) is 0 Å². The van der Waals surface area contributed by atoms with Gasteiger partial charge in [0.15, 0.2) is 0 Å². The van der Waals surface area contributed by atoms with Crippen LogP contribution in [-0.2, 0) is 47.7 Å². The van der Waals surface area contributed by atoms with E-state index in [1.807, 2.05) is 0 Å². The molecule has 290 valence electrons. The second kappa shape index (κ2) is 20.5. The third-order valence-electron chi connectivity index (χ3n) is 6.01. The number of ether oxygens (including phenoxy) is 4. The maximum atomic E-state index is 13.0. The molecule has 0 spiro atoms. The third kappa shape index (κ3) is 27.5. The summed E-state index contributed by atoms with van der Waals surface area (Å²) in [6, 6.07) is 0. The van der Waals surface area contributed by atoms with Crippen LogP contribution < -0.4 is 0 Å². The molecular weight excluding hydrogens is 656 g/mol. The van der Waals surface area contributed by atoms with E-state index in [2.05, 4.69) is 0 Å². The number of aliphatic carboxylic acids is 2. The van der Waals surface area contributed by atoms with Gasteiger partial charge >= 0.3 is 35.8 Å². The first-order valence-corrected chi connectivity index (χ1v) is 16.7. The number of carboxylic acids is 2. The van der Waals surface area contributed by atoms with Crippen molar-refractivity contribution in [3.05, 3.63) is 0 Å². The lowest BCUT2D eigenvalue weighted by atomic mass is 10.2. The van der Waals surface area contributed by atoms with Gasteiger partial charge in [-0.2, -0.15) is 0 Å². The molecule has 0 unspecified atom stereocenters. The Labute approximate surface area is 297 Å². The second-order valence-electron chi connectivity index (χ2n) is 16.1. The Kier molecular flexibility index (Phi) is 19.1. The van der Waals surface area contributed by atoms with E-state index in [1.54, 1.807) is 97.8 Å². The number of nitrogens with zero attached hydrogens (tertiary/aromatic N) is 4. The van der Waals surface area contributed by atoms with E-state index in [-0.39, 0.29) is 65.4 Å². The van der Waals surface area contributed by atoms with E-state index in [0.717, 1.165) is 0 Å². The smallest absolute Gasteiger partial charge is 0.320 e. The summed E-state index contributed by atoms with van der Waals surface area (Å²) >= 11 is 0. The Balaban J connectivity index is 6.19. The number of esters is 4. The monoisotopic (exact) mass is 718 g/mol. The first kappa shape index (κ1) is 46.7. The Hall–Kier alpha value is -3.34. The zero-order chi connectivity index (χ0) is 39.1. The van der Waals surface area contributed by atoms with Gasteiger partial charge in [0.1, 0.15) is 22.4 Å². The number of hydrogen-bond acceptors (Lipinski definition) is 14. The van der Waals surface area contributed by atoms with Crippen LogP contribution in [0.5, 0.6) is 0 Å². The first-order chi connectivity index (χ1) is 22.5. The predicted molar refractivity (Wildman–Crippen MR) is 184 cm³/mol. The minimum Gasteiger partial charge on any atom is -0.480 e. The number of rotatable bonds is 21. The lowest BCUT2D eigenvalue weighted by Crippen LogP contribution is -2.48. The molecule has 0 saturated heterocycles. The molecule has 0 aromatic carbocycles. The minimum absolute atomic E-state index is 0.0209. The highest BCUT2D eigenvalue weighted by molar-refractivity contribution is 5.76. The van der Waals surface area contributed by atoms with Crippen LogP contribution in [0.4, 0.5) is 0 Å². The molecule has 0 saturated carbocycles. The molecule has 16 nitrogen and oxygen atoms in total. The minimum atomic E-state index is -1.20. The second-order valence-corrected chi connectivity index (χ2v) is 16.1. The number of carbonyl (C=O) groups excluding carboxylic acids is 4. The zero-order valence-electron chi connectivity index (χ0n) is 32.3. The van der Waals surface area contributed by atoms with Crippen LogP contribution in [0.3, 0.4) is 0 Å². The van der Waals surface area contributed by atoms with Crippen LogP contribution in [0.1, 0.15) is 83.1 Å². The van der Waals surface area contributed by atoms with Gasteiger partial charge in [0, 0.05) is 39.3 Å². The van der Waals surface area contributed by atoms with Crippen molar-refractivity contribution >= 4 is 35.8 Å². The summed E-state index contributed by atoms with van der Waals surface area (Å²) < 4.78 is 22.0. The molecule has 0 atom stereocenters. The number of hydrogen-bond donors (Lipinski definition) is 2. The Morgan fingerprint density at radius 3 is 0.740 bits per heavy atom. The van der Waals surface area contributed by atoms with Gasteiger partial charge in [0.05, 0.1) is 39.3 Å². The molecule has 2 N–H and O–H groups in total. The molecule has 0 aromatic heterocycles. The highest BCUT2D eigenvalue weighted by Crippen LogP contribution is 2.12. The van der Waals surface area contributed by atoms with Crippen molar-refractivity contribution in [1.82, 2.24) is 19.6 Å². The van der Waals surface area contributed by atoms with Crippen LogP contribution in [0.25, 0.3) is 0 Å². The van der Waals surface area contributed by atoms with Crippen molar-refractivity contribution in [2.75, 3.05) is 78.5 Å². The lowest BCUT2D eigenvalue weighted by Gasteiger charge is -2.31. The van der Waals surface area contributed by atoms with E-state index < -0.39 is 71.3 Å². The van der Waals surface area contributed by atoms with E-state index >= 15 is 0 Å². The highest BCUT2D eigenvalue weighted by Gasteiger charge is 2.26. The van der Waals surface area contributed by atoms with Gasteiger partial charge in [0.2, 0.25) is 0 Å². The maximum absolute atomic E-state index is 13.0. The predicted octanol–water partition coefficient (Wildman–Crippen LogP) is 1.73. The third-order valence-corrected chi connectivity index (χ3v) is 6.01. The fourth-order valence-electron chi connectivity index (χ4n) is 4.42. The summed E-state index contributed by atoms with van der Waals surface area (Å²) in [6.45, 7) is 19.8. The van der Waals surface area contributed by atoms with Crippen LogP contribution in [0.2, 0.25) is 0 Å². The average Bonchev–Trinajstić information content (AvgIpc) is 2.82. The Morgan fingerprint density at radius 1 is 0.360 bits per heavy atom. The normalized spacial score (nSPS) is 12.7. The molecule has 0 fully saturated rings. The fourth-order valence-corrected chi connectivity index (χ4v) is 4.42. The molecule has 0 aliphatic rings. The van der Waals surface area contributed by atoms with Gasteiger partial charge < -0.3 is 29.2 Å². The fraction of sp³-hybridized carbons (Fsp3) is 0.824. The van der Waals surface area contributed by atoms with Crippen molar-refractivity contribution in [2.24, 2.45) is 0 Å².